The van der Waals surface area contributed by atoms with Gasteiger partial charge in [-0.3, -0.25) is 0 Å². The van der Waals surface area contributed by atoms with Crippen molar-refractivity contribution in [2.24, 2.45) is 5.92 Å². The zero-order valence-corrected chi connectivity index (χ0v) is 11.0. The van der Waals surface area contributed by atoms with E-state index in [0.29, 0.717) is 6.04 Å². The van der Waals surface area contributed by atoms with Crippen LogP contribution >= 0.6 is 0 Å². The van der Waals surface area contributed by atoms with Crippen molar-refractivity contribution in [1.82, 2.24) is 5.32 Å². The first-order valence-corrected chi connectivity index (χ1v) is 7.17. The molecule has 0 radical (unpaired) electrons. The molecule has 96 valence electrons. The second-order valence-electron chi connectivity index (χ2n) is 5.20. The quantitative estimate of drug-likeness (QED) is 0.842. The van der Waals surface area contributed by atoms with Crippen LogP contribution in [0.5, 0.6) is 0 Å². The second kappa shape index (κ2) is 6.85. The molecule has 1 N–H and O–H groups in total. The van der Waals surface area contributed by atoms with Crippen LogP contribution in [0.4, 0.5) is 0 Å². The molecule has 1 atom stereocenters. The van der Waals surface area contributed by atoms with Gasteiger partial charge in [0, 0.05) is 11.6 Å². The molecule has 0 aromatic carbocycles. The summed E-state index contributed by atoms with van der Waals surface area (Å²) in [5, 5.41) is 3.64. The minimum atomic E-state index is 0.497. The highest BCUT2D eigenvalue weighted by atomic mass is 16.3. The molecular weight excluding hydrogens is 210 g/mol. The molecule has 1 aromatic rings. The fourth-order valence-electron chi connectivity index (χ4n) is 3.05. The minimum Gasteiger partial charge on any atom is -0.472 e. The van der Waals surface area contributed by atoms with E-state index in [1.807, 2.05) is 6.26 Å². The summed E-state index contributed by atoms with van der Waals surface area (Å²) in [6, 6.07) is 2.61. The Balaban J connectivity index is 2.02. The number of hydrogen-bond acceptors (Lipinski definition) is 2. The standard InChI is InChI=1S/C15H25NO/c1-2-16-15(14-10-11-17-12-14)13-8-6-4-3-5-7-9-13/h10-13,15-16H,2-9H2,1H3. The van der Waals surface area contributed by atoms with E-state index in [4.69, 9.17) is 4.42 Å². The van der Waals surface area contributed by atoms with Gasteiger partial charge in [-0.2, -0.15) is 0 Å². The van der Waals surface area contributed by atoms with Gasteiger partial charge in [0.2, 0.25) is 0 Å². The number of nitrogens with one attached hydrogen (secondary N) is 1. The predicted octanol–water partition coefficient (Wildman–Crippen LogP) is 4.29. The van der Waals surface area contributed by atoms with Crippen LogP contribution < -0.4 is 5.32 Å². The maximum atomic E-state index is 5.25. The summed E-state index contributed by atoms with van der Waals surface area (Å²) >= 11 is 0. The number of hydrogen-bond donors (Lipinski definition) is 1. The average molecular weight is 235 g/mol. The molecule has 0 amide bonds. The Kier molecular flexibility index (Phi) is 5.11. The van der Waals surface area contributed by atoms with Gasteiger partial charge >= 0.3 is 0 Å². The van der Waals surface area contributed by atoms with Crippen molar-refractivity contribution in [3.63, 3.8) is 0 Å². The molecule has 0 saturated heterocycles. The molecule has 1 heterocycles. The third kappa shape index (κ3) is 3.60. The lowest BCUT2D eigenvalue weighted by molar-refractivity contribution is 0.290. The van der Waals surface area contributed by atoms with Crippen LogP contribution in [0.2, 0.25) is 0 Å². The summed E-state index contributed by atoms with van der Waals surface area (Å²) in [5.41, 5.74) is 1.33. The Bertz CT molecular complexity index is 286. The molecule has 1 aromatic heterocycles. The molecule has 2 heteroatoms. The number of furan rings is 1. The Hall–Kier alpha value is -0.760. The summed E-state index contributed by atoms with van der Waals surface area (Å²) in [4.78, 5) is 0. The van der Waals surface area contributed by atoms with Gasteiger partial charge in [-0.1, -0.05) is 39.0 Å². The zero-order chi connectivity index (χ0) is 11.9. The topological polar surface area (TPSA) is 25.2 Å². The van der Waals surface area contributed by atoms with Gasteiger partial charge in [-0.25, -0.2) is 0 Å². The highest BCUT2D eigenvalue weighted by Gasteiger charge is 2.23. The average Bonchev–Trinajstić information content (AvgIpc) is 2.79. The van der Waals surface area contributed by atoms with Crippen LogP contribution in [0.1, 0.15) is 63.5 Å². The molecule has 1 aliphatic rings. The molecule has 1 aliphatic carbocycles. The van der Waals surface area contributed by atoms with Crippen LogP contribution in [0.15, 0.2) is 23.0 Å². The van der Waals surface area contributed by atoms with Crippen molar-refractivity contribution < 1.29 is 4.42 Å². The minimum absolute atomic E-state index is 0.497. The van der Waals surface area contributed by atoms with Gasteiger partial charge in [0.15, 0.2) is 0 Å². The zero-order valence-electron chi connectivity index (χ0n) is 11.0. The fraction of sp³-hybridized carbons (Fsp3) is 0.733. The van der Waals surface area contributed by atoms with E-state index in [2.05, 4.69) is 18.3 Å². The Morgan fingerprint density at radius 2 is 1.94 bits per heavy atom. The van der Waals surface area contributed by atoms with E-state index in [9.17, 15) is 0 Å². The largest absolute Gasteiger partial charge is 0.472 e. The highest BCUT2D eigenvalue weighted by molar-refractivity contribution is 5.13. The predicted molar refractivity (Wildman–Crippen MR) is 70.9 cm³/mol. The molecule has 0 spiro atoms. The van der Waals surface area contributed by atoms with E-state index in [-0.39, 0.29) is 0 Å². The molecule has 17 heavy (non-hydrogen) atoms. The van der Waals surface area contributed by atoms with Crippen LogP contribution in [0.25, 0.3) is 0 Å². The van der Waals surface area contributed by atoms with E-state index in [1.54, 1.807) is 6.26 Å². The van der Waals surface area contributed by atoms with E-state index >= 15 is 0 Å². The summed E-state index contributed by atoms with van der Waals surface area (Å²) in [5.74, 6) is 0.785. The van der Waals surface area contributed by atoms with Gasteiger partial charge in [0.1, 0.15) is 0 Å². The summed E-state index contributed by atoms with van der Waals surface area (Å²) in [7, 11) is 0. The molecule has 1 unspecified atom stereocenters. The van der Waals surface area contributed by atoms with Crippen molar-refractivity contribution in [2.45, 2.75) is 57.9 Å². The molecular formula is C15H25NO. The van der Waals surface area contributed by atoms with Crippen molar-refractivity contribution in [1.29, 1.82) is 0 Å². The molecule has 2 rings (SSSR count). The third-order valence-electron chi connectivity index (χ3n) is 3.95. The van der Waals surface area contributed by atoms with E-state index < -0.39 is 0 Å². The lowest BCUT2D eigenvalue weighted by Crippen LogP contribution is -2.28. The Morgan fingerprint density at radius 1 is 1.24 bits per heavy atom. The van der Waals surface area contributed by atoms with Crippen LogP contribution in [-0.4, -0.2) is 6.54 Å². The van der Waals surface area contributed by atoms with Crippen molar-refractivity contribution in [2.75, 3.05) is 6.54 Å². The van der Waals surface area contributed by atoms with E-state index in [1.165, 1.54) is 50.5 Å². The van der Waals surface area contributed by atoms with Crippen LogP contribution in [-0.2, 0) is 0 Å². The van der Waals surface area contributed by atoms with Crippen LogP contribution in [0, 0.1) is 5.92 Å². The normalized spacial score (nSPS) is 20.8. The molecule has 1 fully saturated rings. The summed E-state index contributed by atoms with van der Waals surface area (Å²) in [6.45, 7) is 3.22. The molecule has 2 nitrogen and oxygen atoms in total. The first kappa shape index (κ1) is 12.7. The van der Waals surface area contributed by atoms with Gasteiger partial charge in [0.05, 0.1) is 12.5 Å². The monoisotopic (exact) mass is 235 g/mol. The first-order chi connectivity index (χ1) is 8.42. The lowest BCUT2D eigenvalue weighted by atomic mass is 9.83. The van der Waals surface area contributed by atoms with Crippen molar-refractivity contribution in [3.05, 3.63) is 24.2 Å². The van der Waals surface area contributed by atoms with Gasteiger partial charge in [-0.15, -0.1) is 0 Å². The van der Waals surface area contributed by atoms with Crippen LogP contribution in [0.3, 0.4) is 0 Å². The Labute approximate surface area is 105 Å². The van der Waals surface area contributed by atoms with Crippen molar-refractivity contribution in [3.8, 4) is 0 Å². The van der Waals surface area contributed by atoms with E-state index in [0.717, 1.165) is 12.5 Å². The first-order valence-electron chi connectivity index (χ1n) is 7.17. The Morgan fingerprint density at radius 3 is 2.53 bits per heavy atom. The SMILES string of the molecule is CCNC(c1ccoc1)C1CCCCCCC1. The molecule has 0 aliphatic heterocycles. The summed E-state index contributed by atoms with van der Waals surface area (Å²) < 4.78 is 5.25. The smallest absolute Gasteiger partial charge is 0.0950 e. The van der Waals surface area contributed by atoms with Gasteiger partial charge in [-0.05, 0) is 31.4 Å². The third-order valence-corrected chi connectivity index (χ3v) is 3.95. The lowest BCUT2D eigenvalue weighted by Gasteiger charge is -2.28. The molecule has 1 saturated carbocycles. The fourth-order valence-corrected chi connectivity index (χ4v) is 3.05. The highest BCUT2D eigenvalue weighted by Crippen LogP contribution is 2.33. The van der Waals surface area contributed by atoms with Gasteiger partial charge < -0.3 is 9.73 Å². The number of rotatable bonds is 4. The van der Waals surface area contributed by atoms with Crippen molar-refractivity contribution >= 4 is 0 Å². The maximum absolute atomic E-state index is 5.25. The molecule has 0 bridgehead atoms. The summed E-state index contributed by atoms with van der Waals surface area (Å²) in [6.07, 6.45) is 13.5. The maximum Gasteiger partial charge on any atom is 0.0950 e. The second-order valence-corrected chi connectivity index (χ2v) is 5.20. The van der Waals surface area contributed by atoms with Gasteiger partial charge in [0.25, 0.3) is 0 Å².